The summed E-state index contributed by atoms with van der Waals surface area (Å²) in [6.45, 7) is 1.94. The van der Waals surface area contributed by atoms with Gasteiger partial charge in [-0.1, -0.05) is 0 Å². The van der Waals surface area contributed by atoms with E-state index in [-0.39, 0.29) is 5.91 Å². The van der Waals surface area contributed by atoms with Gasteiger partial charge in [-0.2, -0.15) is 5.10 Å². The van der Waals surface area contributed by atoms with Crippen LogP contribution in [0, 0.1) is 0 Å². The number of pyridine rings is 1. The van der Waals surface area contributed by atoms with E-state index in [2.05, 4.69) is 53.8 Å². The molecule has 5 rings (SSSR count). The number of aromatic nitrogens is 5. The Morgan fingerprint density at radius 2 is 2.07 bits per heavy atom. The van der Waals surface area contributed by atoms with Crippen molar-refractivity contribution in [1.82, 2.24) is 29.0 Å². The molecule has 0 fully saturated rings. The standard InChI is InChI=1S/C19H15BrN6O/c20-14-10-22-18-8-16(23-26(18)11-14)19(27)24-6-7-25-15(12-24)3-4-17(25)13-2-1-5-21-9-13/h1-5,8-11H,6-7,12H2. The van der Waals surface area contributed by atoms with Gasteiger partial charge in [0.15, 0.2) is 11.3 Å². The van der Waals surface area contributed by atoms with Crippen LogP contribution in [-0.2, 0) is 13.1 Å². The van der Waals surface area contributed by atoms with Gasteiger partial charge in [0, 0.05) is 60.9 Å². The molecule has 1 amide bonds. The Bertz CT molecular complexity index is 1150. The summed E-state index contributed by atoms with van der Waals surface area (Å²) in [6.07, 6.45) is 7.12. The van der Waals surface area contributed by atoms with Gasteiger partial charge in [-0.05, 0) is 40.2 Å². The molecule has 134 valence electrons. The van der Waals surface area contributed by atoms with Crippen LogP contribution in [0.4, 0.5) is 0 Å². The van der Waals surface area contributed by atoms with Crippen LogP contribution in [0.3, 0.4) is 0 Å². The second-order valence-corrected chi connectivity index (χ2v) is 7.35. The molecule has 0 aliphatic carbocycles. The molecule has 1 aliphatic rings. The molecule has 0 atom stereocenters. The molecule has 0 bridgehead atoms. The maximum Gasteiger partial charge on any atom is 0.274 e. The first kappa shape index (κ1) is 16.2. The monoisotopic (exact) mass is 422 g/mol. The van der Waals surface area contributed by atoms with Crippen LogP contribution < -0.4 is 0 Å². The average molecular weight is 423 g/mol. The maximum atomic E-state index is 12.9. The van der Waals surface area contributed by atoms with Crippen LogP contribution in [0.5, 0.6) is 0 Å². The smallest absolute Gasteiger partial charge is 0.274 e. The van der Waals surface area contributed by atoms with Gasteiger partial charge in [0.05, 0.1) is 11.0 Å². The molecule has 0 unspecified atom stereocenters. The lowest BCUT2D eigenvalue weighted by atomic mass is 10.2. The fourth-order valence-corrected chi connectivity index (χ4v) is 3.76. The number of hydrogen-bond donors (Lipinski definition) is 0. The van der Waals surface area contributed by atoms with Crippen LogP contribution in [0.25, 0.3) is 16.9 Å². The molecule has 4 aromatic rings. The Morgan fingerprint density at radius 1 is 1.15 bits per heavy atom. The third-order valence-corrected chi connectivity index (χ3v) is 5.17. The SMILES string of the molecule is O=C(c1cc2ncc(Br)cn2n1)N1CCn2c(ccc2-c2cccnc2)C1. The van der Waals surface area contributed by atoms with E-state index < -0.39 is 0 Å². The molecule has 4 aromatic heterocycles. The van der Waals surface area contributed by atoms with Gasteiger partial charge < -0.3 is 9.47 Å². The van der Waals surface area contributed by atoms with E-state index in [0.29, 0.717) is 24.4 Å². The van der Waals surface area contributed by atoms with E-state index >= 15 is 0 Å². The molecule has 5 heterocycles. The molecular weight excluding hydrogens is 408 g/mol. The molecule has 0 aromatic carbocycles. The molecule has 8 heteroatoms. The number of nitrogens with zero attached hydrogens (tertiary/aromatic N) is 6. The summed E-state index contributed by atoms with van der Waals surface area (Å²) >= 11 is 3.37. The second kappa shape index (κ2) is 6.31. The van der Waals surface area contributed by atoms with Crippen LogP contribution in [0.15, 0.2) is 59.6 Å². The van der Waals surface area contributed by atoms with Crippen molar-refractivity contribution in [1.29, 1.82) is 0 Å². The number of amides is 1. The summed E-state index contributed by atoms with van der Waals surface area (Å²) in [7, 11) is 0. The van der Waals surface area contributed by atoms with Crippen molar-refractivity contribution >= 4 is 27.5 Å². The molecule has 27 heavy (non-hydrogen) atoms. The van der Waals surface area contributed by atoms with Crippen LogP contribution in [0.1, 0.15) is 16.2 Å². The fourth-order valence-electron chi connectivity index (χ4n) is 3.47. The van der Waals surface area contributed by atoms with Crippen molar-refractivity contribution in [3.05, 3.63) is 71.0 Å². The summed E-state index contributed by atoms with van der Waals surface area (Å²) < 4.78 is 4.68. The predicted octanol–water partition coefficient (Wildman–Crippen LogP) is 3.01. The Balaban J connectivity index is 1.42. The average Bonchev–Trinajstić information content (AvgIpc) is 3.31. The first-order valence-electron chi connectivity index (χ1n) is 8.58. The van der Waals surface area contributed by atoms with Gasteiger partial charge in [0.25, 0.3) is 5.91 Å². The normalized spacial score (nSPS) is 13.7. The van der Waals surface area contributed by atoms with Crippen molar-refractivity contribution in [3.63, 3.8) is 0 Å². The van der Waals surface area contributed by atoms with Gasteiger partial charge in [-0.25, -0.2) is 9.50 Å². The zero-order valence-electron chi connectivity index (χ0n) is 14.3. The van der Waals surface area contributed by atoms with E-state index in [1.807, 2.05) is 17.2 Å². The lowest BCUT2D eigenvalue weighted by Crippen LogP contribution is -2.38. The quantitative estimate of drug-likeness (QED) is 0.497. The van der Waals surface area contributed by atoms with E-state index in [1.54, 1.807) is 29.2 Å². The first-order chi connectivity index (χ1) is 13.2. The van der Waals surface area contributed by atoms with E-state index in [1.165, 1.54) is 0 Å². The van der Waals surface area contributed by atoms with Gasteiger partial charge in [-0.3, -0.25) is 9.78 Å². The first-order valence-corrected chi connectivity index (χ1v) is 9.37. The molecular formula is C19H15BrN6O. The number of fused-ring (bicyclic) bond motifs is 2. The van der Waals surface area contributed by atoms with Crippen LogP contribution >= 0.6 is 15.9 Å². The number of rotatable bonds is 2. The third kappa shape index (κ3) is 2.82. The van der Waals surface area contributed by atoms with Crippen molar-refractivity contribution in [2.24, 2.45) is 0 Å². The van der Waals surface area contributed by atoms with E-state index in [0.717, 1.165) is 28.0 Å². The number of halogens is 1. The number of hydrogen-bond acceptors (Lipinski definition) is 4. The zero-order chi connectivity index (χ0) is 18.4. The minimum atomic E-state index is -0.0769. The highest BCUT2D eigenvalue weighted by Gasteiger charge is 2.25. The van der Waals surface area contributed by atoms with Crippen LogP contribution in [-0.4, -0.2) is 41.5 Å². The summed E-state index contributed by atoms with van der Waals surface area (Å²) in [5.74, 6) is -0.0769. The van der Waals surface area contributed by atoms with Gasteiger partial charge in [-0.15, -0.1) is 0 Å². The molecule has 7 nitrogen and oxygen atoms in total. The minimum Gasteiger partial charge on any atom is -0.341 e. The summed E-state index contributed by atoms with van der Waals surface area (Å²) in [4.78, 5) is 23.2. The Morgan fingerprint density at radius 3 is 2.93 bits per heavy atom. The Labute approximate surface area is 163 Å². The van der Waals surface area contributed by atoms with Gasteiger partial charge in [0.1, 0.15) is 0 Å². The molecule has 0 radical (unpaired) electrons. The summed E-state index contributed by atoms with van der Waals surface area (Å²) in [5, 5.41) is 4.38. The fraction of sp³-hybridized carbons (Fsp3) is 0.158. The number of carbonyl (C=O) groups excluding carboxylic acids is 1. The van der Waals surface area contributed by atoms with Crippen LogP contribution in [0.2, 0.25) is 0 Å². The predicted molar refractivity (Wildman–Crippen MR) is 103 cm³/mol. The lowest BCUT2D eigenvalue weighted by Gasteiger charge is -2.29. The zero-order valence-corrected chi connectivity index (χ0v) is 15.9. The molecule has 0 saturated carbocycles. The highest BCUT2D eigenvalue weighted by atomic mass is 79.9. The van der Waals surface area contributed by atoms with Crippen molar-refractivity contribution in [2.45, 2.75) is 13.1 Å². The Hall–Kier alpha value is -3.00. The lowest BCUT2D eigenvalue weighted by molar-refractivity contribution is 0.0705. The van der Waals surface area contributed by atoms with Crippen molar-refractivity contribution in [3.8, 4) is 11.3 Å². The second-order valence-electron chi connectivity index (χ2n) is 6.43. The maximum absolute atomic E-state index is 12.9. The number of carbonyl (C=O) groups is 1. The largest absolute Gasteiger partial charge is 0.341 e. The topological polar surface area (TPSA) is 68.3 Å². The van der Waals surface area contributed by atoms with Gasteiger partial charge >= 0.3 is 0 Å². The molecule has 0 spiro atoms. The Kier molecular flexibility index (Phi) is 3.78. The summed E-state index contributed by atoms with van der Waals surface area (Å²) in [6, 6.07) is 9.87. The molecule has 0 N–H and O–H groups in total. The van der Waals surface area contributed by atoms with Crippen molar-refractivity contribution < 1.29 is 4.79 Å². The van der Waals surface area contributed by atoms with Gasteiger partial charge in [0.2, 0.25) is 0 Å². The van der Waals surface area contributed by atoms with E-state index in [4.69, 9.17) is 0 Å². The highest BCUT2D eigenvalue weighted by molar-refractivity contribution is 9.10. The third-order valence-electron chi connectivity index (χ3n) is 4.76. The van der Waals surface area contributed by atoms with Crippen molar-refractivity contribution in [2.75, 3.05) is 6.54 Å². The van der Waals surface area contributed by atoms with E-state index in [9.17, 15) is 4.79 Å². The highest BCUT2D eigenvalue weighted by Crippen LogP contribution is 2.26. The molecule has 0 saturated heterocycles. The minimum absolute atomic E-state index is 0.0769. The molecule has 1 aliphatic heterocycles. The summed E-state index contributed by atoms with van der Waals surface area (Å²) in [5.41, 5.74) is 4.39.